The molecule has 0 bridgehead atoms. The predicted molar refractivity (Wildman–Crippen MR) is 86.1 cm³/mol. The van der Waals surface area contributed by atoms with Crippen LogP contribution < -0.4 is 15.4 Å². The Hall–Kier alpha value is -1.89. The van der Waals surface area contributed by atoms with Crippen LogP contribution >= 0.6 is 11.3 Å². The van der Waals surface area contributed by atoms with E-state index in [4.69, 9.17) is 4.74 Å². The first-order chi connectivity index (χ1) is 10.2. The van der Waals surface area contributed by atoms with Crippen LogP contribution in [0.3, 0.4) is 0 Å². The van der Waals surface area contributed by atoms with Crippen molar-refractivity contribution in [3.63, 3.8) is 0 Å². The van der Waals surface area contributed by atoms with Gasteiger partial charge in [0.05, 0.1) is 12.6 Å². The Morgan fingerprint density at radius 2 is 2.05 bits per heavy atom. The zero-order valence-electron chi connectivity index (χ0n) is 12.6. The van der Waals surface area contributed by atoms with Gasteiger partial charge in [-0.2, -0.15) is 15.0 Å². The van der Waals surface area contributed by atoms with E-state index < -0.39 is 0 Å². The van der Waals surface area contributed by atoms with Crippen LogP contribution in [0.25, 0.3) is 0 Å². The van der Waals surface area contributed by atoms with Crippen LogP contribution in [0.15, 0.2) is 17.5 Å². The van der Waals surface area contributed by atoms with E-state index in [0.717, 1.165) is 13.0 Å². The quantitative estimate of drug-likeness (QED) is 0.779. The molecule has 7 heteroatoms. The van der Waals surface area contributed by atoms with Crippen molar-refractivity contribution in [3.05, 3.63) is 22.4 Å². The van der Waals surface area contributed by atoms with Crippen molar-refractivity contribution in [2.24, 2.45) is 0 Å². The molecule has 2 heterocycles. The molecule has 0 aromatic carbocycles. The van der Waals surface area contributed by atoms with Crippen LogP contribution in [-0.4, -0.2) is 28.1 Å². The van der Waals surface area contributed by atoms with E-state index in [0.29, 0.717) is 24.5 Å². The van der Waals surface area contributed by atoms with Gasteiger partial charge in [-0.25, -0.2) is 0 Å². The van der Waals surface area contributed by atoms with Crippen molar-refractivity contribution in [1.82, 2.24) is 15.0 Å². The molecule has 0 amide bonds. The van der Waals surface area contributed by atoms with Crippen molar-refractivity contribution in [3.8, 4) is 6.01 Å². The Bertz CT molecular complexity index is 546. The lowest BCUT2D eigenvalue weighted by Crippen LogP contribution is -2.13. The summed E-state index contributed by atoms with van der Waals surface area (Å²) < 4.78 is 5.52. The third kappa shape index (κ3) is 4.56. The lowest BCUT2D eigenvalue weighted by molar-refractivity contribution is 0.292. The van der Waals surface area contributed by atoms with Crippen molar-refractivity contribution < 1.29 is 4.74 Å². The van der Waals surface area contributed by atoms with Crippen LogP contribution in [0.1, 0.15) is 38.1 Å². The number of hydrogen-bond donors (Lipinski definition) is 2. The second-order valence-electron chi connectivity index (χ2n) is 4.53. The molecule has 21 heavy (non-hydrogen) atoms. The fourth-order valence-electron chi connectivity index (χ4n) is 1.72. The smallest absolute Gasteiger partial charge is 0.323 e. The summed E-state index contributed by atoms with van der Waals surface area (Å²) in [6.45, 7) is 7.46. The molecule has 0 aliphatic rings. The van der Waals surface area contributed by atoms with Crippen LogP contribution in [0.4, 0.5) is 11.9 Å². The van der Waals surface area contributed by atoms with Crippen LogP contribution in [-0.2, 0) is 0 Å². The van der Waals surface area contributed by atoms with Crippen molar-refractivity contribution in [1.29, 1.82) is 0 Å². The topological polar surface area (TPSA) is 72.0 Å². The molecule has 2 N–H and O–H groups in total. The van der Waals surface area contributed by atoms with Crippen molar-refractivity contribution in [2.45, 2.75) is 33.2 Å². The second-order valence-corrected chi connectivity index (χ2v) is 5.50. The normalized spacial score (nSPS) is 12.0. The molecule has 114 valence electrons. The molecule has 1 unspecified atom stereocenters. The monoisotopic (exact) mass is 307 g/mol. The van der Waals surface area contributed by atoms with Crippen molar-refractivity contribution in [2.75, 3.05) is 23.8 Å². The summed E-state index contributed by atoms with van der Waals surface area (Å²) in [5.74, 6) is 1.05. The Morgan fingerprint density at radius 1 is 1.24 bits per heavy atom. The minimum absolute atomic E-state index is 0.140. The van der Waals surface area contributed by atoms with Crippen molar-refractivity contribution >= 4 is 23.2 Å². The number of nitrogens with one attached hydrogen (secondary N) is 2. The van der Waals surface area contributed by atoms with E-state index in [1.165, 1.54) is 4.88 Å². The maximum atomic E-state index is 5.52. The fraction of sp³-hybridized carbons (Fsp3) is 0.500. The van der Waals surface area contributed by atoms with E-state index in [9.17, 15) is 0 Å². The van der Waals surface area contributed by atoms with E-state index in [1.807, 2.05) is 19.9 Å². The summed E-state index contributed by atoms with van der Waals surface area (Å²) in [6.07, 6.45) is 0.913. The van der Waals surface area contributed by atoms with Gasteiger partial charge >= 0.3 is 6.01 Å². The lowest BCUT2D eigenvalue weighted by atomic mass is 10.3. The van der Waals surface area contributed by atoms with E-state index in [-0.39, 0.29) is 6.04 Å². The summed E-state index contributed by atoms with van der Waals surface area (Å²) in [6, 6.07) is 4.61. The molecule has 1 atom stereocenters. The fourth-order valence-corrected chi connectivity index (χ4v) is 2.45. The van der Waals surface area contributed by atoms with Gasteiger partial charge in [-0.1, -0.05) is 13.0 Å². The molecule has 2 rings (SSSR count). The largest absolute Gasteiger partial charge is 0.463 e. The summed E-state index contributed by atoms with van der Waals surface area (Å²) in [4.78, 5) is 14.1. The first-order valence-electron chi connectivity index (χ1n) is 7.15. The Balaban J connectivity index is 2.14. The van der Waals surface area contributed by atoms with Gasteiger partial charge in [0.1, 0.15) is 0 Å². The van der Waals surface area contributed by atoms with Crippen LogP contribution in [0.2, 0.25) is 0 Å². The Kier molecular flexibility index (Phi) is 5.74. The SMILES string of the molecule is CCCOc1nc(NCC)nc(NC(C)c2cccs2)n1. The summed E-state index contributed by atoms with van der Waals surface area (Å²) in [5.41, 5.74) is 0. The Morgan fingerprint density at radius 3 is 2.71 bits per heavy atom. The van der Waals surface area contributed by atoms with Gasteiger partial charge in [0.15, 0.2) is 0 Å². The first kappa shape index (κ1) is 15.5. The second kappa shape index (κ2) is 7.78. The molecule has 2 aromatic rings. The number of ether oxygens (including phenoxy) is 1. The summed E-state index contributed by atoms with van der Waals surface area (Å²) >= 11 is 1.70. The first-order valence-corrected chi connectivity index (χ1v) is 8.03. The molecule has 0 saturated heterocycles. The molecular weight excluding hydrogens is 286 g/mol. The van der Waals surface area contributed by atoms with Gasteiger partial charge in [0.2, 0.25) is 11.9 Å². The lowest BCUT2D eigenvalue weighted by Gasteiger charge is -2.14. The molecule has 2 aromatic heterocycles. The maximum absolute atomic E-state index is 5.52. The number of hydrogen-bond acceptors (Lipinski definition) is 7. The average Bonchev–Trinajstić information content (AvgIpc) is 2.99. The molecule has 6 nitrogen and oxygen atoms in total. The summed E-state index contributed by atoms with van der Waals surface area (Å²) in [5, 5.41) is 8.44. The molecule has 0 fully saturated rings. The molecule has 0 aliphatic carbocycles. The minimum Gasteiger partial charge on any atom is -0.463 e. The predicted octanol–water partition coefficient (Wildman–Crippen LogP) is 3.33. The number of anilines is 2. The van der Waals surface area contributed by atoms with Crippen LogP contribution in [0, 0.1) is 0 Å². The zero-order valence-corrected chi connectivity index (χ0v) is 13.4. The molecule has 0 saturated carbocycles. The van der Waals surface area contributed by atoms with Gasteiger partial charge in [-0.3, -0.25) is 0 Å². The molecule has 0 spiro atoms. The molecular formula is C14H21N5OS. The van der Waals surface area contributed by atoms with Gasteiger partial charge < -0.3 is 15.4 Å². The number of nitrogens with zero attached hydrogens (tertiary/aromatic N) is 3. The van der Waals surface area contributed by atoms with E-state index in [1.54, 1.807) is 11.3 Å². The number of thiophene rings is 1. The summed E-state index contributed by atoms with van der Waals surface area (Å²) in [7, 11) is 0. The maximum Gasteiger partial charge on any atom is 0.323 e. The van der Waals surface area contributed by atoms with Gasteiger partial charge in [-0.05, 0) is 31.7 Å². The highest BCUT2D eigenvalue weighted by Crippen LogP contribution is 2.22. The third-order valence-electron chi connectivity index (χ3n) is 2.70. The van der Waals surface area contributed by atoms with Crippen LogP contribution in [0.5, 0.6) is 6.01 Å². The van der Waals surface area contributed by atoms with E-state index in [2.05, 4.69) is 44.0 Å². The minimum atomic E-state index is 0.140. The third-order valence-corrected chi connectivity index (χ3v) is 3.76. The molecule has 0 radical (unpaired) electrons. The van der Waals surface area contributed by atoms with Gasteiger partial charge in [-0.15, -0.1) is 11.3 Å². The number of rotatable bonds is 8. The standard InChI is InChI=1S/C14H21N5OS/c1-4-8-20-14-18-12(15-5-2)17-13(19-14)16-10(3)11-7-6-9-21-11/h6-7,9-10H,4-5,8H2,1-3H3,(H2,15,16,17,18,19). The number of aromatic nitrogens is 3. The highest BCUT2D eigenvalue weighted by Gasteiger charge is 2.11. The van der Waals surface area contributed by atoms with Gasteiger partial charge in [0.25, 0.3) is 0 Å². The molecule has 0 aliphatic heterocycles. The highest BCUT2D eigenvalue weighted by atomic mass is 32.1. The average molecular weight is 307 g/mol. The Labute approximate surface area is 129 Å². The van der Waals surface area contributed by atoms with E-state index >= 15 is 0 Å². The highest BCUT2D eigenvalue weighted by molar-refractivity contribution is 7.10. The zero-order chi connectivity index (χ0) is 15.1. The van der Waals surface area contributed by atoms with Gasteiger partial charge in [0, 0.05) is 11.4 Å².